The highest BCUT2D eigenvalue weighted by Crippen LogP contribution is 2.56. The minimum atomic E-state index is -0.178. The molecule has 0 amide bonds. The predicted octanol–water partition coefficient (Wildman–Crippen LogP) is 1.69. The maximum atomic E-state index is 6.90. The van der Waals surface area contributed by atoms with Crippen LogP contribution >= 0.6 is 11.8 Å². The molecular formula is C26H48N6O2S. The van der Waals surface area contributed by atoms with Gasteiger partial charge in [0.15, 0.2) is 5.79 Å². The highest BCUT2D eigenvalue weighted by molar-refractivity contribution is 8.00. The van der Waals surface area contributed by atoms with E-state index < -0.39 is 0 Å². The van der Waals surface area contributed by atoms with Crippen molar-refractivity contribution in [1.29, 1.82) is 0 Å². The molecule has 6 aliphatic rings. The predicted molar refractivity (Wildman–Crippen MR) is 141 cm³/mol. The van der Waals surface area contributed by atoms with Crippen molar-refractivity contribution in [1.82, 2.24) is 30.0 Å². The summed E-state index contributed by atoms with van der Waals surface area (Å²) in [6, 6.07) is 0. The Labute approximate surface area is 216 Å². The summed E-state index contributed by atoms with van der Waals surface area (Å²) in [4.78, 5) is 8.73. The van der Waals surface area contributed by atoms with Crippen molar-refractivity contribution >= 4 is 11.8 Å². The molecule has 9 heteroatoms. The molecule has 6 heterocycles. The number of piperidine rings is 1. The Kier molecular flexibility index (Phi) is 8.26. The van der Waals surface area contributed by atoms with Crippen molar-refractivity contribution in [2.75, 3.05) is 97.6 Å². The number of hydrogen-bond donors (Lipinski definition) is 1. The van der Waals surface area contributed by atoms with Gasteiger partial charge in [0.2, 0.25) is 0 Å². The zero-order valence-electron chi connectivity index (χ0n) is 21.8. The zero-order valence-corrected chi connectivity index (χ0v) is 22.6. The first-order chi connectivity index (χ1) is 17.4. The standard InChI is InChI=1S/C26H48N6O2S/c1-3-13-29(14-4-1)26(30-15-9-27-10-16-30)25(28-11-5-6-12-28,24-8-2-7-20-34-24)35-23-19-32(26)31-17-21-33-22-18-31/h24,27H,1-23H2. The molecule has 0 aliphatic carbocycles. The van der Waals surface area contributed by atoms with E-state index in [0.717, 1.165) is 65.6 Å². The van der Waals surface area contributed by atoms with E-state index in [1.807, 2.05) is 0 Å². The maximum absolute atomic E-state index is 6.90. The number of likely N-dealkylation sites (tertiary alicyclic amines) is 2. The van der Waals surface area contributed by atoms with E-state index in [1.165, 1.54) is 83.3 Å². The highest BCUT2D eigenvalue weighted by Gasteiger charge is 2.70. The van der Waals surface area contributed by atoms with Crippen LogP contribution in [-0.2, 0) is 9.47 Å². The van der Waals surface area contributed by atoms with Gasteiger partial charge in [-0.05, 0) is 58.0 Å². The molecule has 0 bridgehead atoms. The fraction of sp³-hybridized carbons (Fsp3) is 1.00. The van der Waals surface area contributed by atoms with Gasteiger partial charge in [0.05, 0.1) is 19.3 Å². The molecular weight excluding hydrogens is 460 g/mol. The maximum Gasteiger partial charge on any atom is 0.175 e. The minimum Gasteiger partial charge on any atom is -0.379 e. The Bertz CT molecular complexity index is 655. The Morgan fingerprint density at radius 1 is 0.657 bits per heavy atom. The lowest BCUT2D eigenvalue weighted by Crippen LogP contribution is -2.89. The topological polar surface area (TPSA) is 46.7 Å². The van der Waals surface area contributed by atoms with Gasteiger partial charge < -0.3 is 14.8 Å². The van der Waals surface area contributed by atoms with Gasteiger partial charge in [0, 0.05) is 71.3 Å². The molecule has 0 aromatic carbocycles. The third kappa shape index (κ3) is 4.40. The number of rotatable bonds is 5. The van der Waals surface area contributed by atoms with Crippen LogP contribution in [-0.4, -0.2) is 139 Å². The minimum absolute atomic E-state index is 0.0743. The average Bonchev–Trinajstić information content (AvgIpc) is 3.50. The van der Waals surface area contributed by atoms with Crippen LogP contribution in [0.3, 0.4) is 0 Å². The Morgan fingerprint density at radius 2 is 1.34 bits per heavy atom. The van der Waals surface area contributed by atoms with Gasteiger partial charge >= 0.3 is 0 Å². The van der Waals surface area contributed by atoms with E-state index >= 15 is 0 Å². The van der Waals surface area contributed by atoms with Crippen molar-refractivity contribution in [2.24, 2.45) is 0 Å². The van der Waals surface area contributed by atoms with Gasteiger partial charge in [-0.3, -0.25) is 14.7 Å². The second-order valence-corrected chi connectivity index (χ2v) is 12.5. The summed E-state index contributed by atoms with van der Waals surface area (Å²) < 4.78 is 12.8. The normalized spacial score (nSPS) is 40.3. The molecule has 6 rings (SSSR count). The van der Waals surface area contributed by atoms with Gasteiger partial charge in [-0.25, -0.2) is 10.0 Å². The first kappa shape index (κ1) is 25.3. The van der Waals surface area contributed by atoms with Gasteiger partial charge in [-0.2, -0.15) is 0 Å². The number of nitrogens with zero attached hydrogens (tertiary/aromatic N) is 5. The molecule has 0 aromatic rings. The van der Waals surface area contributed by atoms with Crippen LogP contribution in [0.15, 0.2) is 0 Å². The summed E-state index contributed by atoms with van der Waals surface area (Å²) in [6.07, 6.45) is 10.6. The number of nitrogens with one attached hydrogen (secondary N) is 1. The van der Waals surface area contributed by atoms with E-state index in [-0.39, 0.29) is 16.8 Å². The number of hydrogen-bond acceptors (Lipinski definition) is 9. The summed E-state index contributed by atoms with van der Waals surface area (Å²) in [5, 5.41) is 9.27. The summed E-state index contributed by atoms with van der Waals surface area (Å²) in [5.74, 6) is 0.998. The molecule has 0 aromatic heterocycles. The summed E-state index contributed by atoms with van der Waals surface area (Å²) in [6.45, 7) is 15.0. The largest absolute Gasteiger partial charge is 0.379 e. The average molecular weight is 509 g/mol. The smallest absolute Gasteiger partial charge is 0.175 e. The van der Waals surface area contributed by atoms with Gasteiger partial charge in [0.1, 0.15) is 4.87 Å². The van der Waals surface area contributed by atoms with E-state index in [0.29, 0.717) is 0 Å². The summed E-state index contributed by atoms with van der Waals surface area (Å²) in [5.41, 5.74) is 0. The molecule has 6 aliphatic heterocycles. The second kappa shape index (κ2) is 11.4. The molecule has 35 heavy (non-hydrogen) atoms. The van der Waals surface area contributed by atoms with Crippen LogP contribution in [0.2, 0.25) is 0 Å². The first-order valence-electron chi connectivity index (χ1n) is 14.7. The van der Waals surface area contributed by atoms with E-state index in [4.69, 9.17) is 9.47 Å². The molecule has 0 spiro atoms. The van der Waals surface area contributed by atoms with Crippen molar-refractivity contribution < 1.29 is 9.47 Å². The SMILES string of the molecule is C1CCN(C2(N3CCNCC3)N(N3CCOCC3)CCSC2(C2CCCCO2)N2CCCC2)CC1. The van der Waals surface area contributed by atoms with Crippen LogP contribution in [0.5, 0.6) is 0 Å². The van der Waals surface area contributed by atoms with Gasteiger partial charge in [-0.15, -0.1) is 11.8 Å². The summed E-state index contributed by atoms with van der Waals surface area (Å²) >= 11 is 2.27. The van der Waals surface area contributed by atoms with Crippen LogP contribution in [0.1, 0.15) is 51.4 Å². The number of thioether (sulfide) groups is 1. The quantitative estimate of drug-likeness (QED) is 0.598. The molecule has 1 N–H and O–H groups in total. The molecule has 0 radical (unpaired) electrons. The first-order valence-corrected chi connectivity index (χ1v) is 15.7. The second-order valence-electron chi connectivity index (χ2n) is 11.2. The van der Waals surface area contributed by atoms with Crippen LogP contribution in [0.4, 0.5) is 0 Å². The number of ether oxygens (including phenoxy) is 2. The zero-order chi connectivity index (χ0) is 23.6. The molecule has 6 saturated heterocycles. The van der Waals surface area contributed by atoms with Gasteiger partial charge in [0.25, 0.3) is 0 Å². The van der Waals surface area contributed by atoms with Crippen LogP contribution in [0, 0.1) is 0 Å². The number of piperazine rings is 1. The fourth-order valence-electron chi connectivity index (χ4n) is 7.94. The fourth-order valence-corrected chi connectivity index (χ4v) is 9.81. The molecule has 8 nitrogen and oxygen atoms in total. The van der Waals surface area contributed by atoms with Crippen LogP contribution in [0.25, 0.3) is 0 Å². The molecule has 3 unspecified atom stereocenters. The van der Waals surface area contributed by atoms with Crippen molar-refractivity contribution in [3.05, 3.63) is 0 Å². The van der Waals surface area contributed by atoms with Crippen molar-refractivity contribution in [3.63, 3.8) is 0 Å². The van der Waals surface area contributed by atoms with E-state index in [1.54, 1.807) is 0 Å². The molecule has 3 atom stereocenters. The monoisotopic (exact) mass is 508 g/mol. The molecule has 200 valence electrons. The third-order valence-corrected chi connectivity index (χ3v) is 11.0. The number of morpholine rings is 1. The van der Waals surface area contributed by atoms with Crippen LogP contribution < -0.4 is 5.32 Å². The Hall–Kier alpha value is 0.0300. The van der Waals surface area contributed by atoms with Gasteiger partial charge in [-0.1, -0.05) is 6.42 Å². The number of hydrazine groups is 1. The lowest BCUT2D eigenvalue weighted by molar-refractivity contribution is -0.314. The van der Waals surface area contributed by atoms with Crippen molar-refractivity contribution in [3.8, 4) is 0 Å². The lowest BCUT2D eigenvalue weighted by atomic mass is 9.88. The van der Waals surface area contributed by atoms with E-state index in [9.17, 15) is 0 Å². The Morgan fingerprint density at radius 3 is 2.06 bits per heavy atom. The third-order valence-electron chi connectivity index (χ3n) is 9.34. The molecule has 6 fully saturated rings. The Balaban J connectivity index is 1.54. The molecule has 0 saturated carbocycles. The van der Waals surface area contributed by atoms with E-state index in [2.05, 4.69) is 41.8 Å². The van der Waals surface area contributed by atoms with Crippen molar-refractivity contribution in [2.45, 2.75) is 68.1 Å². The highest BCUT2D eigenvalue weighted by atomic mass is 32.2. The lowest BCUT2D eigenvalue weighted by Gasteiger charge is -2.71. The summed E-state index contributed by atoms with van der Waals surface area (Å²) in [7, 11) is 0.